The van der Waals surface area contributed by atoms with Crippen LogP contribution in [-0.4, -0.2) is 30.7 Å². The number of carbonyl (C=O) groups excluding carboxylic acids is 1. The molecule has 2 aliphatic rings. The van der Waals surface area contributed by atoms with Crippen molar-refractivity contribution in [2.75, 3.05) is 6.54 Å². The molecule has 2 atom stereocenters. The lowest BCUT2D eigenvalue weighted by Crippen LogP contribution is -2.45. The number of hydrogen-bond donors (Lipinski definition) is 2. The molecular formula is C14H23F3N2O. The molecule has 0 aromatic carbocycles. The molecule has 2 rings (SSSR count). The van der Waals surface area contributed by atoms with Gasteiger partial charge < -0.3 is 10.6 Å². The van der Waals surface area contributed by atoms with Gasteiger partial charge in [-0.05, 0) is 32.1 Å². The van der Waals surface area contributed by atoms with Gasteiger partial charge in [0, 0.05) is 12.1 Å². The van der Waals surface area contributed by atoms with E-state index in [-0.39, 0.29) is 31.3 Å². The second kappa shape index (κ2) is 6.78. The highest BCUT2D eigenvalue weighted by molar-refractivity contribution is 5.78. The van der Waals surface area contributed by atoms with Gasteiger partial charge in [-0.1, -0.05) is 19.3 Å². The Kier molecular flexibility index (Phi) is 5.29. The lowest BCUT2D eigenvalue weighted by Gasteiger charge is -2.31. The molecule has 2 unspecified atom stereocenters. The van der Waals surface area contributed by atoms with Crippen LogP contribution in [0.15, 0.2) is 0 Å². The normalized spacial score (nSPS) is 28.6. The molecule has 2 aliphatic carbocycles. The number of alkyl halides is 3. The van der Waals surface area contributed by atoms with Crippen molar-refractivity contribution in [3.05, 3.63) is 0 Å². The van der Waals surface area contributed by atoms with Crippen LogP contribution < -0.4 is 10.6 Å². The Labute approximate surface area is 117 Å². The van der Waals surface area contributed by atoms with Gasteiger partial charge in [0.25, 0.3) is 0 Å². The predicted molar refractivity (Wildman–Crippen MR) is 70.2 cm³/mol. The van der Waals surface area contributed by atoms with E-state index in [1.807, 2.05) is 0 Å². The molecule has 20 heavy (non-hydrogen) atoms. The van der Waals surface area contributed by atoms with Gasteiger partial charge in [-0.2, -0.15) is 13.2 Å². The largest absolute Gasteiger partial charge is 0.391 e. The number of halogens is 3. The van der Waals surface area contributed by atoms with Crippen LogP contribution in [0.1, 0.15) is 51.4 Å². The fourth-order valence-electron chi connectivity index (χ4n) is 3.26. The Bertz CT molecular complexity index is 327. The Hall–Kier alpha value is -0.780. The third-order valence-electron chi connectivity index (χ3n) is 4.41. The molecule has 0 bridgehead atoms. The Balaban J connectivity index is 1.70. The number of nitrogens with one attached hydrogen (secondary N) is 2. The van der Waals surface area contributed by atoms with E-state index in [1.54, 1.807) is 0 Å². The van der Waals surface area contributed by atoms with Crippen LogP contribution in [0.2, 0.25) is 0 Å². The third kappa shape index (κ3) is 4.65. The van der Waals surface area contributed by atoms with Gasteiger partial charge in [-0.25, -0.2) is 0 Å². The summed E-state index contributed by atoms with van der Waals surface area (Å²) in [7, 11) is 0. The maximum Gasteiger partial charge on any atom is 0.391 e. The molecule has 0 aromatic rings. The van der Waals surface area contributed by atoms with Crippen molar-refractivity contribution in [2.24, 2.45) is 5.92 Å². The van der Waals surface area contributed by atoms with Crippen molar-refractivity contribution in [3.63, 3.8) is 0 Å². The number of amides is 1. The topological polar surface area (TPSA) is 41.1 Å². The van der Waals surface area contributed by atoms with Crippen LogP contribution in [0, 0.1) is 5.92 Å². The summed E-state index contributed by atoms with van der Waals surface area (Å²) in [5.74, 6) is -1.44. The number of hydrogen-bond acceptors (Lipinski definition) is 2. The second-order valence-electron chi connectivity index (χ2n) is 6.03. The minimum absolute atomic E-state index is 0.0265. The lowest BCUT2D eigenvalue weighted by molar-refractivity contribution is -0.184. The van der Waals surface area contributed by atoms with Crippen LogP contribution in [0.4, 0.5) is 13.2 Å². The summed E-state index contributed by atoms with van der Waals surface area (Å²) in [5, 5.41) is 5.92. The molecule has 0 spiro atoms. The SMILES string of the molecule is O=C(CNC1CCCC1)NC1CCCC(C(F)(F)F)C1. The standard InChI is InChI=1S/C14H23F3N2O/c15-14(16,17)10-4-3-7-12(8-10)19-13(20)9-18-11-5-1-2-6-11/h10-12,18H,1-9H2,(H,19,20). The van der Waals surface area contributed by atoms with Crippen molar-refractivity contribution in [1.82, 2.24) is 10.6 Å². The number of carbonyl (C=O) groups is 1. The van der Waals surface area contributed by atoms with Crippen LogP contribution in [0.5, 0.6) is 0 Å². The summed E-state index contributed by atoms with van der Waals surface area (Å²) in [6.45, 7) is 0.220. The maximum absolute atomic E-state index is 12.7. The summed E-state index contributed by atoms with van der Waals surface area (Å²) < 4.78 is 38.0. The molecule has 0 aromatic heterocycles. The predicted octanol–water partition coefficient (Wildman–Crippen LogP) is 2.76. The van der Waals surface area contributed by atoms with Gasteiger partial charge in [0.15, 0.2) is 0 Å². The van der Waals surface area contributed by atoms with Crippen LogP contribution in [-0.2, 0) is 4.79 Å². The Morgan fingerprint density at radius 1 is 1.00 bits per heavy atom. The van der Waals surface area contributed by atoms with Crippen LogP contribution in [0.3, 0.4) is 0 Å². The number of rotatable bonds is 4. The molecule has 0 radical (unpaired) electrons. The van der Waals surface area contributed by atoms with E-state index in [1.165, 1.54) is 12.8 Å². The van der Waals surface area contributed by atoms with Crippen molar-refractivity contribution in [1.29, 1.82) is 0 Å². The van der Waals surface area contributed by atoms with E-state index < -0.39 is 12.1 Å². The fourth-order valence-corrected chi connectivity index (χ4v) is 3.26. The first kappa shape index (κ1) is 15.6. The zero-order valence-electron chi connectivity index (χ0n) is 11.6. The summed E-state index contributed by atoms with van der Waals surface area (Å²) >= 11 is 0. The van der Waals surface area contributed by atoms with Gasteiger partial charge in [-0.3, -0.25) is 4.79 Å². The van der Waals surface area contributed by atoms with E-state index in [2.05, 4.69) is 10.6 Å². The minimum Gasteiger partial charge on any atom is -0.352 e. The summed E-state index contributed by atoms with van der Waals surface area (Å²) in [6, 6.07) is 0.0725. The molecule has 0 heterocycles. The summed E-state index contributed by atoms with van der Waals surface area (Å²) in [5.41, 5.74) is 0. The van der Waals surface area contributed by atoms with E-state index in [9.17, 15) is 18.0 Å². The average molecular weight is 292 g/mol. The highest BCUT2D eigenvalue weighted by Gasteiger charge is 2.42. The molecule has 3 nitrogen and oxygen atoms in total. The zero-order valence-corrected chi connectivity index (χ0v) is 11.6. The molecule has 2 fully saturated rings. The van der Waals surface area contributed by atoms with Crippen LogP contribution >= 0.6 is 0 Å². The van der Waals surface area contributed by atoms with Gasteiger partial charge in [0.2, 0.25) is 5.91 Å². The van der Waals surface area contributed by atoms with Gasteiger partial charge in [-0.15, -0.1) is 0 Å². The molecular weight excluding hydrogens is 269 g/mol. The zero-order chi connectivity index (χ0) is 14.6. The highest BCUT2D eigenvalue weighted by atomic mass is 19.4. The van der Waals surface area contributed by atoms with Crippen LogP contribution in [0.25, 0.3) is 0 Å². The van der Waals surface area contributed by atoms with E-state index in [4.69, 9.17) is 0 Å². The minimum atomic E-state index is -4.13. The van der Waals surface area contributed by atoms with E-state index >= 15 is 0 Å². The first-order valence-corrected chi connectivity index (χ1v) is 7.54. The summed E-state index contributed by atoms with van der Waals surface area (Å²) in [4.78, 5) is 11.8. The van der Waals surface area contributed by atoms with Crippen molar-refractivity contribution in [3.8, 4) is 0 Å². The van der Waals surface area contributed by atoms with Crippen molar-refractivity contribution in [2.45, 2.75) is 69.6 Å². The molecule has 116 valence electrons. The first-order chi connectivity index (χ1) is 9.45. The maximum atomic E-state index is 12.7. The molecule has 0 aliphatic heterocycles. The highest BCUT2D eigenvalue weighted by Crippen LogP contribution is 2.37. The Morgan fingerprint density at radius 3 is 2.30 bits per heavy atom. The Morgan fingerprint density at radius 2 is 1.65 bits per heavy atom. The van der Waals surface area contributed by atoms with E-state index in [0.717, 1.165) is 12.8 Å². The summed E-state index contributed by atoms with van der Waals surface area (Å²) in [6.07, 6.45) is 1.83. The van der Waals surface area contributed by atoms with Gasteiger partial charge >= 0.3 is 6.18 Å². The molecule has 2 N–H and O–H groups in total. The van der Waals surface area contributed by atoms with Gasteiger partial charge in [0.05, 0.1) is 12.5 Å². The molecule has 0 saturated heterocycles. The lowest BCUT2D eigenvalue weighted by atomic mass is 9.85. The smallest absolute Gasteiger partial charge is 0.352 e. The van der Waals surface area contributed by atoms with E-state index in [0.29, 0.717) is 18.9 Å². The quantitative estimate of drug-likeness (QED) is 0.836. The monoisotopic (exact) mass is 292 g/mol. The first-order valence-electron chi connectivity index (χ1n) is 7.54. The molecule has 6 heteroatoms. The van der Waals surface area contributed by atoms with Crippen molar-refractivity contribution < 1.29 is 18.0 Å². The third-order valence-corrected chi connectivity index (χ3v) is 4.41. The fraction of sp³-hybridized carbons (Fsp3) is 0.929. The second-order valence-corrected chi connectivity index (χ2v) is 6.03. The molecule has 1 amide bonds. The average Bonchev–Trinajstić information content (AvgIpc) is 2.89. The molecule has 2 saturated carbocycles. The van der Waals surface area contributed by atoms with Crippen molar-refractivity contribution >= 4 is 5.91 Å². The van der Waals surface area contributed by atoms with Gasteiger partial charge in [0.1, 0.15) is 0 Å².